The van der Waals surface area contributed by atoms with Crippen LogP contribution < -0.4 is 4.90 Å². The summed E-state index contributed by atoms with van der Waals surface area (Å²) in [6.45, 7) is 2.10. The van der Waals surface area contributed by atoms with Gasteiger partial charge in [0, 0.05) is 52.5 Å². The molecule has 0 spiro atoms. The number of amides is 2. The van der Waals surface area contributed by atoms with Crippen LogP contribution in [0.2, 0.25) is 5.02 Å². The first-order valence-corrected chi connectivity index (χ1v) is 14.8. The van der Waals surface area contributed by atoms with E-state index >= 15 is 0 Å². The molecule has 6 rings (SSSR count). The van der Waals surface area contributed by atoms with Gasteiger partial charge in [-0.3, -0.25) is 14.5 Å². The zero-order valence-electron chi connectivity index (χ0n) is 24.4. The van der Waals surface area contributed by atoms with Gasteiger partial charge in [-0.25, -0.2) is 0 Å². The van der Waals surface area contributed by atoms with Crippen molar-refractivity contribution in [3.05, 3.63) is 136 Å². The van der Waals surface area contributed by atoms with Crippen LogP contribution in [0.25, 0.3) is 11.3 Å². The van der Waals surface area contributed by atoms with E-state index < -0.39 is 0 Å². The zero-order chi connectivity index (χ0) is 31.0. The van der Waals surface area contributed by atoms with E-state index in [0.717, 1.165) is 11.1 Å². The molecule has 5 aromatic rings. The lowest BCUT2D eigenvalue weighted by molar-refractivity contribution is 0.0545. The van der Waals surface area contributed by atoms with E-state index in [9.17, 15) is 19.8 Å². The van der Waals surface area contributed by atoms with Gasteiger partial charge in [0.2, 0.25) is 0 Å². The van der Waals surface area contributed by atoms with Crippen LogP contribution in [0.5, 0.6) is 5.75 Å². The smallest absolute Gasteiger partial charge is 0.264 e. The summed E-state index contributed by atoms with van der Waals surface area (Å²) < 4.78 is 1.89. The zero-order valence-corrected chi connectivity index (χ0v) is 25.2. The molecule has 4 aromatic carbocycles. The van der Waals surface area contributed by atoms with Crippen LogP contribution in [-0.4, -0.2) is 44.1 Å². The standard InChI is InChI=1S/C36H32ClN3O4/c1-23-32(36(44)40(27-10-4-3-5-11-27)28-13-15-30(42)16-14-28)20-34(38(23)2)33-19-26(37)12-17-31(33)35(43)39-21-25-9-7-6-8-24(25)18-29(39)22-41/h3-17,19-20,29,41-42H,18,21-22H2,1-2H3/t29-/m0/s1. The number of anilines is 2. The van der Waals surface area contributed by atoms with Crippen LogP contribution in [0.3, 0.4) is 0 Å². The van der Waals surface area contributed by atoms with Crippen molar-refractivity contribution in [2.45, 2.75) is 25.9 Å². The number of phenols is 1. The number of halogens is 1. The van der Waals surface area contributed by atoms with Crippen molar-refractivity contribution in [1.82, 2.24) is 9.47 Å². The molecule has 2 N–H and O–H groups in total. The number of aromatic hydroxyl groups is 1. The second kappa shape index (κ2) is 12.0. The van der Waals surface area contributed by atoms with Crippen LogP contribution in [0, 0.1) is 6.92 Å². The number of hydrogen-bond acceptors (Lipinski definition) is 4. The van der Waals surface area contributed by atoms with Crippen LogP contribution in [0.15, 0.2) is 103 Å². The molecule has 0 bridgehead atoms. The highest BCUT2D eigenvalue weighted by molar-refractivity contribution is 6.31. The summed E-state index contributed by atoms with van der Waals surface area (Å²) >= 11 is 6.50. The molecular weight excluding hydrogens is 574 g/mol. The maximum absolute atomic E-state index is 14.3. The predicted octanol–water partition coefficient (Wildman–Crippen LogP) is 6.90. The Morgan fingerprint density at radius 2 is 1.52 bits per heavy atom. The number of nitrogens with zero attached hydrogens (tertiary/aromatic N) is 3. The van der Waals surface area contributed by atoms with Gasteiger partial charge in [0.1, 0.15) is 5.75 Å². The van der Waals surface area contributed by atoms with Gasteiger partial charge in [0.05, 0.1) is 18.2 Å². The second-order valence-corrected chi connectivity index (χ2v) is 11.4. The topological polar surface area (TPSA) is 86.0 Å². The normalized spacial score (nSPS) is 14.3. The third-order valence-corrected chi connectivity index (χ3v) is 8.64. The Labute approximate surface area is 261 Å². The molecule has 0 aliphatic carbocycles. The van der Waals surface area contributed by atoms with Crippen molar-refractivity contribution in [3.8, 4) is 17.0 Å². The molecule has 0 unspecified atom stereocenters. The number of fused-ring (bicyclic) bond motifs is 1. The SMILES string of the molecule is Cc1c(C(=O)N(c2ccccc2)c2ccc(O)cc2)cc(-c2cc(Cl)ccc2C(=O)N2Cc3ccccc3C[C@H]2CO)n1C. The molecule has 222 valence electrons. The van der Waals surface area contributed by atoms with Gasteiger partial charge in [-0.05, 0) is 85.1 Å². The van der Waals surface area contributed by atoms with Gasteiger partial charge < -0.3 is 19.7 Å². The lowest BCUT2D eigenvalue weighted by Crippen LogP contribution is -2.46. The van der Waals surface area contributed by atoms with Crippen molar-refractivity contribution in [3.63, 3.8) is 0 Å². The molecule has 0 radical (unpaired) electrons. The molecule has 2 amide bonds. The summed E-state index contributed by atoms with van der Waals surface area (Å²) in [7, 11) is 1.86. The minimum absolute atomic E-state index is 0.103. The highest BCUT2D eigenvalue weighted by Gasteiger charge is 2.32. The van der Waals surface area contributed by atoms with Crippen LogP contribution in [0.4, 0.5) is 11.4 Å². The summed E-state index contributed by atoms with van der Waals surface area (Å²) in [6, 6.07) is 30.4. The number of aliphatic hydroxyl groups excluding tert-OH is 1. The molecule has 1 aromatic heterocycles. The molecule has 2 heterocycles. The van der Waals surface area contributed by atoms with Crippen molar-refractivity contribution in [2.24, 2.45) is 7.05 Å². The summed E-state index contributed by atoms with van der Waals surface area (Å²) in [5.74, 6) is -0.373. The number of aromatic nitrogens is 1. The van der Waals surface area contributed by atoms with Crippen LogP contribution >= 0.6 is 11.6 Å². The molecule has 1 atom stereocenters. The van der Waals surface area contributed by atoms with E-state index in [2.05, 4.69) is 0 Å². The Kier molecular flexibility index (Phi) is 7.99. The first-order valence-electron chi connectivity index (χ1n) is 14.4. The molecule has 1 aliphatic heterocycles. The number of carbonyl (C=O) groups excluding carboxylic acids is 2. The summed E-state index contributed by atoms with van der Waals surface area (Å²) in [5, 5.41) is 20.6. The number of rotatable bonds is 6. The summed E-state index contributed by atoms with van der Waals surface area (Å²) in [6.07, 6.45) is 0.565. The fourth-order valence-corrected chi connectivity index (χ4v) is 6.09. The average Bonchev–Trinajstić information content (AvgIpc) is 3.34. The van der Waals surface area contributed by atoms with Crippen molar-refractivity contribution in [2.75, 3.05) is 11.5 Å². The lowest BCUT2D eigenvalue weighted by Gasteiger charge is -2.36. The monoisotopic (exact) mass is 605 g/mol. The highest BCUT2D eigenvalue weighted by atomic mass is 35.5. The fourth-order valence-electron chi connectivity index (χ4n) is 5.91. The molecule has 0 fully saturated rings. The predicted molar refractivity (Wildman–Crippen MR) is 173 cm³/mol. The first kappa shape index (κ1) is 29.2. The van der Waals surface area contributed by atoms with Gasteiger partial charge in [-0.1, -0.05) is 54.1 Å². The third kappa shape index (κ3) is 5.36. The van der Waals surface area contributed by atoms with E-state index in [0.29, 0.717) is 57.4 Å². The number of carbonyl (C=O) groups is 2. The minimum atomic E-state index is -0.363. The maximum Gasteiger partial charge on any atom is 0.264 e. The van der Waals surface area contributed by atoms with Crippen molar-refractivity contribution >= 4 is 34.8 Å². The summed E-state index contributed by atoms with van der Waals surface area (Å²) in [5.41, 5.74) is 6.32. The van der Waals surface area contributed by atoms with Gasteiger partial charge in [0.15, 0.2) is 0 Å². The molecule has 8 heteroatoms. The van der Waals surface area contributed by atoms with Crippen LogP contribution in [-0.2, 0) is 20.0 Å². The average molecular weight is 606 g/mol. The van der Waals surface area contributed by atoms with E-state index in [4.69, 9.17) is 11.6 Å². The summed E-state index contributed by atoms with van der Waals surface area (Å²) in [4.78, 5) is 31.8. The Morgan fingerprint density at radius 3 is 2.23 bits per heavy atom. The molecule has 1 aliphatic rings. The lowest BCUT2D eigenvalue weighted by atomic mass is 9.93. The Bertz CT molecular complexity index is 1850. The molecule has 0 saturated heterocycles. The largest absolute Gasteiger partial charge is 0.508 e. The molecule has 44 heavy (non-hydrogen) atoms. The van der Waals surface area contributed by atoms with E-state index in [-0.39, 0.29) is 30.2 Å². The van der Waals surface area contributed by atoms with Gasteiger partial charge in [0.25, 0.3) is 11.8 Å². The van der Waals surface area contributed by atoms with Crippen molar-refractivity contribution in [1.29, 1.82) is 0 Å². The Morgan fingerprint density at radius 1 is 0.864 bits per heavy atom. The molecule has 0 saturated carbocycles. The van der Waals surface area contributed by atoms with E-state index in [1.807, 2.05) is 73.1 Å². The number of para-hydroxylation sites is 1. The number of phenolic OH excluding ortho intramolecular Hbond substituents is 1. The second-order valence-electron chi connectivity index (χ2n) is 11.0. The van der Waals surface area contributed by atoms with Gasteiger partial charge in [-0.2, -0.15) is 0 Å². The first-order chi connectivity index (χ1) is 21.3. The number of benzene rings is 4. The van der Waals surface area contributed by atoms with E-state index in [1.54, 1.807) is 58.3 Å². The fraction of sp³-hybridized carbons (Fsp3) is 0.167. The molecule has 7 nitrogen and oxygen atoms in total. The van der Waals surface area contributed by atoms with Crippen LogP contribution in [0.1, 0.15) is 37.5 Å². The van der Waals surface area contributed by atoms with E-state index in [1.165, 1.54) is 0 Å². The Balaban J connectivity index is 1.42. The number of aliphatic hydroxyl groups is 1. The Hall–Kier alpha value is -4.85. The number of hydrogen-bond donors (Lipinski definition) is 2. The maximum atomic E-state index is 14.3. The van der Waals surface area contributed by atoms with Crippen molar-refractivity contribution < 1.29 is 19.8 Å². The minimum Gasteiger partial charge on any atom is -0.508 e. The molecular formula is C36H32ClN3O4. The van der Waals surface area contributed by atoms with Gasteiger partial charge >= 0.3 is 0 Å². The highest BCUT2D eigenvalue weighted by Crippen LogP contribution is 2.35. The quantitative estimate of drug-likeness (QED) is 0.221. The third-order valence-electron chi connectivity index (χ3n) is 8.41. The van der Waals surface area contributed by atoms with Gasteiger partial charge in [-0.15, -0.1) is 0 Å².